The van der Waals surface area contributed by atoms with Crippen LogP contribution >= 0.6 is 11.3 Å². The minimum atomic E-state index is -4.27. The Morgan fingerprint density at radius 3 is 2.28 bits per heavy atom. The van der Waals surface area contributed by atoms with Crippen LogP contribution in [-0.4, -0.2) is 14.3 Å². The van der Waals surface area contributed by atoms with Crippen LogP contribution in [0.25, 0.3) is 10.3 Å². The number of benzene rings is 3. The standard InChI is InChI=1S/C24H21NO5S2/c1-14-7-5-6-8-19(14)23(26)25(18-9-10-20-21(13-18)31-24(27)30-20)32(28,29)22-12-16(3)15(2)11-17(22)4/h5-13H,1-4H3. The van der Waals surface area contributed by atoms with E-state index in [4.69, 9.17) is 4.42 Å². The second-order valence-corrected chi connectivity index (χ2v) is 10.4. The topological polar surface area (TPSA) is 84.7 Å². The molecule has 0 aliphatic carbocycles. The predicted molar refractivity (Wildman–Crippen MR) is 126 cm³/mol. The lowest BCUT2D eigenvalue weighted by molar-refractivity contribution is 0.100. The van der Waals surface area contributed by atoms with Gasteiger partial charge < -0.3 is 4.42 Å². The van der Waals surface area contributed by atoms with Crippen molar-refractivity contribution in [1.82, 2.24) is 0 Å². The van der Waals surface area contributed by atoms with E-state index in [1.165, 1.54) is 18.2 Å². The number of carbonyl (C=O) groups excluding carboxylic acids is 1. The molecule has 0 spiro atoms. The van der Waals surface area contributed by atoms with E-state index in [1.54, 1.807) is 50.2 Å². The van der Waals surface area contributed by atoms with Gasteiger partial charge in [-0.15, -0.1) is 0 Å². The maximum Gasteiger partial charge on any atom is 0.396 e. The Kier molecular flexibility index (Phi) is 5.52. The van der Waals surface area contributed by atoms with Gasteiger partial charge in [0, 0.05) is 5.56 Å². The van der Waals surface area contributed by atoms with E-state index in [0.717, 1.165) is 26.8 Å². The quantitative estimate of drug-likeness (QED) is 0.416. The number of rotatable bonds is 4. The number of carbonyl (C=O) groups is 1. The normalized spacial score (nSPS) is 11.6. The molecule has 6 nitrogen and oxygen atoms in total. The molecule has 0 saturated heterocycles. The van der Waals surface area contributed by atoms with Crippen molar-refractivity contribution in [1.29, 1.82) is 0 Å². The van der Waals surface area contributed by atoms with Gasteiger partial charge in [0.2, 0.25) is 0 Å². The van der Waals surface area contributed by atoms with Crippen molar-refractivity contribution in [3.05, 3.63) is 92.1 Å². The van der Waals surface area contributed by atoms with Crippen LogP contribution in [0.3, 0.4) is 0 Å². The first-order valence-electron chi connectivity index (χ1n) is 9.86. The summed E-state index contributed by atoms with van der Waals surface area (Å²) in [5.74, 6) is -0.670. The maximum atomic E-state index is 13.9. The second kappa shape index (κ2) is 8.03. The van der Waals surface area contributed by atoms with E-state index < -0.39 is 20.9 Å². The molecule has 3 aromatic carbocycles. The Hall–Kier alpha value is -3.23. The zero-order valence-electron chi connectivity index (χ0n) is 18.0. The third-order valence-electron chi connectivity index (χ3n) is 5.42. The summed E-state index contributed by atoms with van der Waals surface area (Å²) in [5, 5.41) is 0. The monoisotopic (exact) mass is 467 g/mol. The lowest BCUT2D eigenvalue weighted by atomic mass is 10.1. The fourth-order valence-electron chi connectivity index (χ4n) is 3.59. The highest BCUT2D eigenvalue weighted by atomic mass is 32.2. The number of anilines is 1. The number of aryl methyl sites for hydroxylation is 4. The third-order valence-corrected chi connectivity index (χ3v) is 8.06. The van der Waals surface area contributed by atoms with Gasteiger partial charge in [-0.1, -0.05) is 35.6 Å². The number of hydrogen-bond donors (Lipinski definition) is 0. The van der Waals surface area contributed by atoms with Crippen molar-refractivity contribution in [3.8, 4) is 0 Å². The summed E-state index contributed by atoms with van der Waals surface area (Å²) >= 11 is 0.853. The third kappa shape index (κ3) is 3.76. The van der Waals surface area contributed by atoms with Crippen molar-refractivity contribution in [3.63, 3.8) is 0 Å². The van der Waals surface area contributed by atoms with E-state index in [2.05, 4.69) is 0 Å². The summed E-state index contributed by atoms with van der Waals surface area (Å²) < 4.78 is 34.2. The van der Waals surface area contributed by atoms with Crippen molar-refractivity contribution in [2.45, 2.75) is 32.6 Å². The van der Waals surface area contributed by atoms with Crippen LogP contribution in [-0.2, 0) is 10.0 Å². The minimum absolute atomic E-state index is 0.0583. The highest BCUT2D eigenvalue weighted by molar-refractivity contribution is 7.93. The Labute approximate surface area is 189 Å². The highest BCUT2D eigenvalue weighted by Gasteiger charge is 2.34. The van der Waals surface area contributed by atoms with Crippen LogP contribution in [0.1, 0.15) is 32.6 Å². The highest BCUT2D eigenvalue weighted by Crippen LogP contribution is 2.32. The van der Waals surface area contributed by atoms with Gasteiger partial charge in [-0.3, -0.25) is 4.79 Å². The number of amides is 1. The van der Waals surface area contributed by atoms with E-state index >= 15 is 0 Å². The Morgan fingerprint density at radius 1 is 0.875 bits per heavy atom. The summed E-state index contributed by atoms with van der Waals surface area (Å²) in [6.45, 7) is 7.20. The van der Waals surface area contributed by atoms with Crippen LogP contribution in [0, 0.1) is 27.7 Å². The Balaban J connectivity index is 1.98. The lowest BCUT2D eigenvalue weighted by Gasteiger charge is -2.25. The van der Waals surface area contributed by atoms with Crippen LogP contribution in [0.5, 0.6) is 0 Å². The zero-order valence-corrected chi connectivity index (χ0v) is 19.6. The van der Waals surface area contributed by atoms with Crippen LogP contribution < -0.4 is 9.24 Å². The number of fused-ring (bicyclic) bond motifs is 1. The first kappa shape index (κ1) is 22.0. The van der Waals surface area contributed by atoms with Crippen LogP contribution in [0.15, 0.2) is 68.7 Å². The number of sulfonamides is 1. The number of hydrogen-bond acceptors (Lipinski definition) is 6. The van der Waals surface area contributed by atoms with E-state index in [-0.39, 0.29) is 16.1 Å². The largest absolute Gasteiger partial charge is 0.414 e. The van der Waals surface area contributed by atoms with Gasteiger partial charge in [0.15, 0.2) is 0 Å². The molecule has 0 bridgehead atoms. The minimum Gasteiger partial charge on any atom is -0.414 e. The van der Waals surface area contributed by atoms with Gasteiger partial charge in [0.05, 0.1) is 15.3 Å². The van der Waals surface area contributed by atoms with Gasteiger partial charge in [-0.05, 0) is 80.3 Å². The van der Waals surface area contributed by atoms with Crippen LogP contribution in [0.2, 0.25) is 0 Å². The van der Waals surface area contributed by atoms with Crippen molar-refractivity contribution >= 4 is 43.2 Å². The first-order chi connectivity index (χ1) is 15.1. The molecule has 8 heteroatoms. The van der Waals surface area contributed by atoms with E-state index in [1.807, 2.05) is 13.8 Å². The van der Waals surface area contributed by atoms with Crippen LogP contribution in [0.4, 0.5) is 5.69 Å². The molecule has 0 fully saturated rings. The van der Waals surface area contributed by atoms with Crippen molar-refractivity contribution in [2.24, 2.45) is 0 Å². The molecule has 0 aliphatic heterocycles. The summed E-state index contributed by atoms with van der Waals surface area (Å²) in [7, 11) is -4.27. The van der Waals surface area contributed by atoms with Gasteiger partial charge in [-0.2, -0.15) is 4.31 Å². The molecule has 1 heterocycles. The first-order valence-corrected chi connectivity index (χ1v) is 12.1. The molecule has 4 aromatic rings. The van der Waals surface area contributed by atoms with Crippen molar-refractivity contribution < 1.29 is 17.6 Å². The Morgan fingerprint density at radius 2 is 1.56 bits per heavy atom. The van der Waals surface area contributed by atoms with Gasteiger partial charge in [-0.25, -0.2) is 13.2 Å². The van der Waals surface area contributed by atoms with Gasteiger partial charge in [0.1, 0.15) is 5.58 Å². The Bertz CT molecular complexity index is 1530. The zero-order chi connectivity index (χ0) is 23.2. The summed E-state index contributed by atoms with van der Waals surface area (Å²) in [6.07, 6.45) is 0. The second-order valence-electron chi connectivity index (χ2n) is 7.68. The summed E-state index contributed by atoms with van der Waals surface area (Å²) in [6, 6.07) is 14.7. The predicted octanol–water partition coefficient (Wildman–Crippen LogP) is 5.12. The van der Waals surface area contributed by atoms with E-state index in [9.17, 15) is 18.0 Å². The summed E-state index contributed by atoms with van der Waals surface area (Å²) in [4.78, 5) is 24.9. The fraction of sp³-hybridized carbons (Fsp3) is 0.167. The number of nitrogens with zero attached hydrogens (tertiary/aromatic N) is 1. The summed E-state index contributed by atoms with van der Waals surface area (Å²) in [5.41, 5.74) is 3.72. The van der Waals surface area contributed by atoms with Crippen molar-refractivity contribution in [2.75, 3.05) is 4.31 Å². The molecule has 4 rings (SSSR count). The average Bonchev–Trinajstić information content (AvgIpc) is 3.10. The maximum absolute atomic E-state index is 13.9. The molecule has 1 aromatic heterocycles. The molecule has 0 radical (unpaired) electrons. The smallest absolute Gasteiger partial charge is 0.396 e. The molecule has 1 amide bonds. The molecule has 164 valence electrons. The molecular formula is C24H21NO5S2. The lowest BCUT2D eigenvalue weighted by Crippen LogP contribution is -2.37. The van der Waals surface area contributed by atoms with Gasteiger partial charge >= 0.3 is 4.94 Å². The molecule has 0 atom stereocenters. The SMILES string of the molecule is Cc1cc(C)c(S(=O)(=O)N(C(=O)c2ccccc2C)c2ccc3oc(=O)sc3c2)cc1C. The van der Waals surface area contributed by atoms with Gasteiger partial charge in [0.25, 0.3) is 15.9 Å². The molecular weight excluding hydrogens is 446 g/mol. The molecule has 0 aliphatic rings. The fourth-order valence-corrected chi connectivity index (χ4v) is 5.98. The molecule has 32 heavy (non-hydrogen) atoms. The molecule has 0 unspecified atom stereocenters. The molecule has 0 saturated carbocycles. The molecule has 0 N–H and O–H groups in total. The average molecular weight is 468 g/mol. The van der Waals surface area contributed by atoms with E-state index in [0.29, 0.717) is 21.4 Å².